The summed E-state index contributed by atoms with van der Waals surface area (Å²) in [5.41, 5.74) is 6.65. The number of benzene rings is 2. The number of nitrogens with two attached hydrogens (primary N) is 1. The van der Waals surface area contributed by atoms with Crippen molar-refractivity contribution < 1.29 is 55.8 Å². The Morgan fingerprint density at radius 3 is 2.40 bits per heavy atom. The molecule has 3 aromatic rings. The number of rotatable bonds is 1. The third kappa shape index (κ3) is 3.82. The largest absolute Gasteiger partial charge is 1.00 e. The molecule has 6 heteroatoms. The summed E-state index contributed by atoms with van der Waals surface area (Å²) >= 11 is 4.96. The van der Waals surface area contributed by atoms with Crippen molar-refractivity contribution >= 4 is 39.9 Å². The van der Waals surface area contributed by atoms with Crippen LogP contribution in [0.15, 0.2) is 42.5 Å². The number of aromatic nitrogens is 1. The molecule has 2 aromatic carbocycles. The molecular formula is C14H12FKN2S2. The maximum Gasteiger partial charge on any atom is 1.00 e. The number of hydrogen-bond acceptors (Lipinski definition) is 4. The van der Waals surface area contributed by atoms with Crippen LogP contribution in [0, 0.1) is 5.13 Å². The maximum absolute atomic E-state index is 13.7. The summed E-state index contributed by atoms with van der Waals surface area (Å²) in [7, 11) is 0. The first kappa shape index (κ1) is 18.1. The molecule has 0 aliphatic heterocycles. The molecule has 2 nitrogen and oxygen atoms in total. The van der Waals surface area contributed by atoms with E-state index in [1.54, 1.807) is 6.26 Å². The van der Waals surface area contributed by atoms with Gasteiger partial charge < -0.3 is 18.4 Å². The van der Waals surface area contributed by atoms with Crippen LogP contribution in [0.2, 0.25) is 0 Å². The van der Waals surface area contributed by atoms with Crippen molar-refractivity contribution in [1.82, 2.24) is 4.98 Å². The molecule has 98 valence electrons. The molecule has 0 aliphatic rings. The SMILES string of the molecule is C[S-].Nc1nc(-c2cccc3ccccc23)c(F)s1.[K+]. The predicted molar refractivity (Wildman–Crippen MR) is 82.7 cm³/mol. The van der Waals surface area contributed by atoms with E-state index in [0.29, 0.717) is 5.69 Å². The molecule has 0 saturated carbocycles. The van der Waals surface area contributed by atoms with Crippen LogP contribution in [-0.2, 0) is 12.6 Å². The molecule has 0 unspecified atom stereocenters. The smallest absolute Gasteiger partial charge is 0.796 e. The summed E-state index contributed by atoms with van der Waals surface area (Å²) in [6.07, 6.45) is 1.58. The van der Waals surface area contributed by atoms with E-state index in [4.69, 9.17) is 5.73 Å². The quantitative estimate of drug-likeness (QED) is 0.531. The van der Waals surface area contributed by atoms with Crippen molar-refractivity contribution in [2.75, 3.05) is 12.0 Å². The predicted octanol–water partition coefficient (Wildman–Crippen LogP) is 0.852. The Hall–Kier alpha value is 0.0464. The van der Waals surface area contributed by atoms with Crippen LogP contribution in [0.25, 0.3) is 22.0 Å². The average Bonchev–Trinajstić information content (AvgIpc) is 2.79. The van der Waals surface area contributed by atoms with E-state index in [1.165, 1.54) is 0 Å². The summed E-state index contributed by atoms with van der Waals surface area (Å²) in [4.78, 5) is 4.05. The van der Waals surface area contributed by atoms with Gasteiger partial charge in [-0.05, 0) is 10.8 Å². The monoisotopic (exact) mass is 330 g/mol. The van der Waals surface area contributed by atoms with Crippen LogP contribution < -0.4 is 57.1 Å². The molecule has 0 saturated heterocycles. The molecule has 0 fully saturated rings. The van der Waals surface area contributed by atoms with E-state index in [-0.39, 0.29) is 61.6 Å². The van der Waals surface area contributed by atoms with Crippen molar-refractivity contribution in [2.24, 2.45) is 0 Å². The normalized spacial score (nSPS) is 9.55. The van der Waals surface area contributed by atoms with Gasteiger partial charge in [-0.15, -0.1) is 0 Å². The summed E-state index contributed by atoms with van der Waals surface area (Å²) in [5, 5.41) is 1.97. The molecule has 2 N–H and O–H groups in total. The fourth-order valence-corrected chi connectivity index (χ4v) is 2.49. The van der Waals surface area contributed by atoms with Gasteiger partial charge in [0.15, 0.2) is 5.13 Å². The molecule has 1 heterocycles. The molecule has 0 spiro atoms. The van der Waals surface area contributed by atoms with Crippen LogP contribution >= 0.6 is 11.3 Å². The second-order valence-corrected chi connectivity index (χ2v) is 4.68. The Morgan fingerprint density at radius 2 is 1.75 bits per heavy atom. The minimum atomic E-state index is -0.334. The van der Waals surface area contributed by atoms with Gasteiger partial charge in [0.25, 0.3) is 0 Å². The van der Waals surface area contributed by atoms with Crippen LogP contribution in [0.4, 0.5) is 9.52 Å². The van der Waals surface area contributed by atoms with E-state index in [2.05, 4.69) is 17.6 Å². The molecular weight excluding hydrogens is 318 g/mol. The van der Waals surface area contributed by atoms with Crippen molar-refractivity contribution in [1.29, 1.82) is 0 Å². The molecule has 1 aromatic heterocycles. The van der Waals surface area contributed by atoms with E-state index in [1.807, 2.05) is 42.5 Å². The second kappa shape index (κ2) is 8.48. The third-order valence-corrected chi connectivity index (χ3v) is 3.32. The van der Waals surface area contributed by atoms with Gasteiger partial charge in [0, 0.05) is 5.56 Å². The van der Waals surface area contributed by atoms with Gasteiger partial charge in [-0.25, -0.2) is 4.98 Å². The minimum Gasteiger partial charge on any atom is -0.796 e. The fraction of sp³-hybridized carbons (Fsp3) is 0.0714. The van der Waals surface area contributed by atoms with Crippen LogP contribution in [-0.4, -0.2) is 11.2 Å². The summed E-state index contributed by atoms with van der Waals surface area (Å²) in [6, 6.07) is 13.6. The Kier molecular flexibility index (Phi) is 7.67. The first-order valence-corrected chi connectivity index (χ1v) is 7.20. The van der Waals surface area contributed by atoms with Gasteiger partial charge in [0.1, 0.15) is 5.69 Å². The minimum absolute atomic E-state index is 0. The van der Waals surface area contributed by atoms with Crippen LogP contribution in [0.5, 0.6) is 0 Å². The molecule has 3 rings (SSSR count). The summed E-state index contributed by atoms with van der Waals surface area (Å²) < 4.78 is 13.7. The fourth-order valence-electron chi connectivity index (χ4n) is 1.92. The van der Waals surface area contributed by atoms with Gasteiger partial charge in [0.05, 0.1) is 0 Å². The van der Waals surface area contributed by atoms with Gasteiger partial charge in [-0.2, -0.15) is 10.6 Å². The molecule has 0 amide bonds. The topological polar surface area (TPSA) is 38.9 Å². The molecule has 0 atom stereocenters. The zero-order valence-electron chi connectivity index (χ0n) is 11.3. The Balaban J connectivity index is 0.000000639. The Bertz CT molecular complexity index is 695. The standard InChI is InChI=1S/C13H9FN2S.CH4S.K/c14-12-11(16-13(15)17-12)10-7-3-5-8-4-1-2-6-9(8)10;1-2;/h1-7H,(H2,15,16);2H,1H3;/q;;+1/p-1. The molecule has 20 heavy (non-hydrogen) atoms. The van der Waals surface area contributed by atoms with Crippen LogP contribution in [0.3, 0.4) is 0 Å². The Morgan fingerprint density at radius 1 is 1.10 bits per heavy atom. The molecule has 0 radical (unpaired) electrons. The van der Waals surface area contributed by atoms with E-state index in [0.717, 1.165) is 27.7 Å². The van der Waals surface area contributed by atoms with Crippen molar-refractivity contribution in [3.8, 4) is 11.3 Å². The number of anilines is 1. The van der Waals surface area contributed by atoms with Gasteiger partial charge in [-0.1, -0.05) is 53.8 Å². The van der Waals surface area contributed by atoms with Gasteiger partial charge >= 0.3 is 51.4 Å². The molecule has 0 aliphatic carbocycles. The van der Waals surface area contributed by atoms with Crippen LogP contribution in [0.1, 0.15) is 0 Å². The summed E-state index contributed by atoms with van der Waals surface area (Å²) in [5.74, 6) is 0. The first-order chi connectivity index (χ1) is 9.25. The molecule has 0 bridgehead atoms. The van der Waals surface area contributed by atoms with E-state index in [9.17, 15) is 4.39 Å². The maximum atomic E-state index is 13.7. The van der Waals surface area contributed by atoms with E-state index >= 15 is 0 Å². The average molecular weight is 330 g/mol. The third-order valence-electron chi connectivity index (χ3n) is 2.65. The number of fused-ring (bicyclic) bond motifs is 1. The number of nitrogens with zero attached hydrogens (tertiary/aromatic N) is 1. The Labute approximate surface area is 169 Å². The van der Waals surface area contributed by atoms with Gasteiger partial charge in [0.2, 0.25) is 5.13 Å². The summed E-state index contributed by atoms with van der Waals surface area (Å²) in [6.45, 7) is 0. The number of halogens is 1. The van der Waals surface area contributed by atoms with Crippen molar-refractivity contribution in [3.63, 3.8) is 0 Å². The zero-order valence-corrected chi connectivity index (χ0v) is 16.0. The number of nitrogen functional groups attached to an aromatic ring is 1. The number of thiazole rings is 1. The number of hydrogen-bond donors (Lipinski definition) is 1. The second-order valence-electron chi connectivity index (χ2n) is 3.70. The zero-order chi connectivity index (χ0) is 13.8. The van der Waals surface area contributed by atoms with Crippen molar-refractivity contribution in [3.05, 3.63) is 47.6 Å². The van der Waals surface area contributed by atoms with E-state index < -0.39 is 0 Å². The first-order valence-electron chi connectivity index (χ1n) is 5.56. The van der Waals surface area contributed by atoms with Crippen molar-refractivity contribution in [2.45, 2.75) is 0 Å². The van der Waals surface area contributed by atoms with Gasteiger partial charge in [-0.3, -0.25) is 0 Å².